The van der Waals surface area contributed by atoms with Crippen molar-refractivity contribution in [3.8, 4) is 11.5 Å². The van der Waals surface area contributed by atoms with Gasteiger partial charge in [0.25, 0.3) is 0 Å². The molecule has 0 aliphatic rings. The highest BCUT2D eigenvalue weighted by Gasteiger charge is 2.05. The van der Waals surface area contributed by atoms with Crippen molar-refractivity contribution < 1.29 is 9.47 Å². The Labute approximate surface area is 173 Å². The van der Waals surface area contributed by atoms with Crippen LogP contribution in [0.5, 0.6) is 11.5 Å². The average molecular weight is 404 g/mol. The summed E-state index contributed by atoms with van der Waals surface area (Å²) >= 11 is 1.60. The molecular weight excluding hydrogens is 370 g/mol. The number of aryl methyl sites for hydroxylation is 2. The maximum Gasteiger partial charge on any atom is 0.203 e. The number of nitrogens with zero attached hydrogens (tertiary/aromatic N) is 2. The molecule has 0 spiro atoms. The molecule has 2 rings (SSSR count). The van der Waals surface area contributed by atoms with Crippen molar-refractivity contribution in [1.29, 1.82) is 0 Å². The van der Waals surface area contributed by atoms with Gasteiger partial charge in [-0.2, -0.15) is 5.10 Å². The average Bonchev–Trinajstić information content (AvgIpc) is 3.02. The van der Waals surface area contributed by atoms with Gasteiger partial charge in [-0.25, -0.2) is 4.98 Å². The number of hydrazone groups is 1. The lowest BCUT2D eigenvalue weighted by atomic mass is 10.1. The predicted octanol–water partition coefficient (Wildman–Crippen LogP) is 6.34. The molecule has 28 heavy (non-hydrogen) atoms. The Morgan fingerprint density at radius 3 is 2.50 bits per heavy atom. The van der Waals surface area contributed by atoms with Crippen LogP contribution in [0, 0.1) is 13.8 Å². The summed E-state index contributed by atoms with van der Waals surface area (Å²) in [4.78, 5) is 5.60. The Balaban J connectivity index is 1.78. The van der Waals surface area contributed by atoms with Crippen molar-refractivity contribution in [1.82, 2.24) is 4.98 Å². The van der Waals surface area contributed by atoms with E-state index in [0.717, 1.165) is 40.9 Å². The molecule has 154 valence electrons. The molecule has 0 unspecified atom stereocenters. The molecule has 1 N–H and O–H groups in total. The molecule has 5 nitrogen and oxygen atoms in total. The molecule has 6 heteroatoms. The summed E-state index contributed by atoms with van der Waals surface area (Å²) in [6.07, 6.45) is 10.7. The molecule has 0 atom stereocenters. The van der Waals surface area contributed by atoms with Crippen molar-refractivity contribution in [2.75, 3.05) is 19.1 Å². The van der Waals surface area contributed by atoms with E-state index in [2.05, 4.69) is 29.4 Å². The summed E-state index contributed by atoms with van der Waals surface area (Å²) in [6.45, 7) is 7.02. The molecule has 0 fully saturated rings. The number of benzene rings is 1. The first-order valence-corrected chi connectivity index (χ1v) is 11.0. The van der Waals surface area contributed by atoms with E-state index in [9.17, 15) is 0 Å². The predicted molar refractivity (Wildman–Crippen MR) is 119 cm³/mol. The van der Waals surface area contributed by atoms with Crippen LogP contribution < -0.4 is 14.9 Å². The molecule has 0 radical (unpaired) electrons. The van der Waals surface area contributed by atoms with Gasteiger partial charge in [-0.1, -0.05) is 45.4 Å². The number of thiazole rings is 1. The topological polar surface area (TPSA) is 55.7 Å². The summed E-state index contributed by atoms with van der Waals surface area (Å²) in [7, 11) is 1.66. The van der Waals surface area contributed by atoms with Gasteiger partial charge < -0.3 is 9.47 Å². The number of rotatable bonds is 13. The van der Waals surface area contributed by atoms with Crippen LogP contribution in [0.25, 0.3) is 0 Å². The second-order valence-electron chi connectivity index (χ2n) is 6.91. The Bertz CT molecular complexity index is 724. The second-order valence-corrected chi connectivity index (χ2v) is 8.11. The highest BCUT2D eigenvalue weighted by molar-refractivity contribution is 7.15. The minimum Gasteiger partial charge on any atom is -0.493 e. The molecule has 1 aromatic carbocycles. The molecular formula is C22H33N3O2S. The largest absolute Gasteiger partial charge is 0.493 e. The van der Waals surface area contributed by atoms with Gasteiger partial charge in [0.15, 0.2) is 11.5 Å². The summed E-state index contributed by atoms with van der Waals surface area (Å²) in [5.41, 5.74) is 4.95. The van der Waals surface area contributed by atoms with Crippen LogP contribution in [-0.2, 0) is 0 Å². The Hall–Kier alpha value is -2.08. The summed E-state index contributed by atoms with van der Waals surface area (Å²) in [6, 6.07) is 5.86. The number of anilines is 1. The van der Waals surface area contributed by atoms with Crippen molar-refractivity contribution >= 4 is 22.7 Å². The SMILES string of the molecule is CCCCCCCCCOc1ccc(/C=N\Nc2nc(C)c(C)s2)cc1OC. The van der Waals surface area contributed by atoms with Gasteiger partial charge in [-0.05, 0) is 44.0 Å². The summed E-state index contributed by atoms with van der Waals surface area (Å²) in [5, 5.41) is 5.06. The molecule has 2 aromatic rings. The van der Waals surface area contributed by atoms with E-state index >= 15 is 0 Å². The van der Waals surface area contributed by atoms with E-state index in [1.54, 1.807) is 24.7 Å². The monoisotopic (exact) mass is 403 g/mol. The maximum atomic E-state index is 5.91. The lowest BCUT2D eigenvalue weighted by Gasteiger charge is -2.11. The smallest absolute Gasteiger partial charge is 0.203 e. The van der Waals surface area contributed by atoms with Crippen molar-refractivity contribution in [2.45, 2.75) is 65.7 Å². The molecule has 0 bridgehead atoms. The number of nitrogens with one attached hydrogen (secondary N) is 1. The number of methoxy groups -OCH3 is 1. The maximum absolute atomic E-state index is 5.91. The standard InChI is InChI=1S/C22H33N3O2S/c1-5-6-7-8-9-10-11-14-27-20-13-12-19(15-21(20)26-4)16-23-25-22-24-17(2)18(3)28-22/h12-13,15-16H,5-11,14H2,1-4H3,(H,24,25)/b23-16-. The van der Waals surface area contributed by atoms with Crippen LogP contribution in [0.3, 0.4) is 0 Å². The summed E-state index contributed by atoms with van der Waals surface area (Å²) in [5.74, 6) is 1.51. The van der Waals surface area contributed by atoms with Crippen LogP contribution in [0.15, 0.2) is 23.3 Å². The fourth-order valence-electron chi connectivity index (χ4n) is 2.81. The zero-order valence-electron chi connectivity index (χ0n) is 17.6. The highest BCUT2D eigenvalue weighted by atomic mass is 32.1. The quantitative estimate of drug-likeness (QED) is 0.241. The van der Waals surface area contributed by atoms with Crippen LogP contribution >= 0.6 is 11.3 Å². The molecule has 0 aliphatic heterocycles. The molecule has 1 aromatic heterocycles. The van der Waals surface area contributed by atoms with E-state index < -0.39 is 0 Å². The van der Waals surface area contributed by atoms with Gasteiger partial charge in [0.05, 0.1) is 25.6 Å². The summed E-state index contributed by atoms with van der Waals surface area (Å²) < 4.78 is 11.4. The number of hydrogen-bond donors (Lipinski definition) is 1. The Morgan fingerprint density at radius 2 is 1.82 bits per heavy atom. The minimum absolute atomic E-state index is 0.724. The molecule has 1 heterocycles. The van der Waals surface area contributed by atoms with Gasteiger partial charge >= 0.3 is 0 Å². The van der Waals surface area contributed by atoms with Gasteiger partial charge in [-0.15, -0.1) is 11.3 Å². The third-order valence-electron chi connectivity index (χ3n) is 4.60. The van der Waals surface area contributed by atoms with E-state index in [1.165, 1.54) is 43.4 Å². The van der Waals surface area contributed by atoms with Gasteiger partial charge in [0.2, 0.25) is 5.13 Å². The van der Waals surface area contributed by atoms with Crippen LogP contribution in [0.1, 0.15) is 68.0 Å². The van der Waals surface area contributed by atoms with E-state index in [1.807, 2.05) is 25.1 Å². The minimum atomic E-state index is 0.724. The number of hydrogen-bond acceptors (Lipinski definition) is 6. The van der Waals surface area contributed by atoms with Crippen molar-refractivity contribution in [3.05, 3.63) is 34.3 Å². The third-order valence-corrected chi connectivity index (χ3v) is 5.57. The van der Waals surface area contributed by atoms with E-state index in [0.29, 0.717) is 0 Å². The van der Waals surface area contributed by atoms with Crippen LogP contribution in [0.2, 0.25) is 0 Å². The molecule has 0 saturated carbocycles. The normalized spacial score (nSPS) is 11.1. The first kappa shape index (κ1) is 22.2. The fraction of sp³-hybridized carbons (Fsp3) is 0.545. The number of ether oxygens (including phenoxy) is 2. The number of aromatic nitrogens is 1. The molecule has 0 aliphatic carbocycles. The van der Waals surface area contributed by atoms with Gasteiger partial charge in [0, 0.05) is 4.88 Å². The first-order valence-electron chi connectivity index (χ1n) is 10.2. The molecule has 0 amide bonds. The Morgan fingerprint density at radius 1 is 1.07 bits per heavy atom. The van der Waals surface area contributed by atoms with Crippen LogP contribution in [0.4, 0.5) is 5.13 Å². The van der Waals surface area contributed by atoms with Crippen LogP contribution in [-0.4, -0.2) is 24.9 Å². The van der Waals surface area contributed by atoms with Gasteiger partial charge in [-0.3, -0.25) is 5.43 Å². The fourth-order valence-corrected chi connectivity index (χ4v) is 3.57. The van der Waals surface area contributed by atoms with E-state index in [-0.39, 0.29) is 0 Å². The second kappa shape index (κ2) is 12.4. The van der Waals surface area contributed by atoms with E-state index in [4.69, 9.17) is 9.47 Å². The first-order chi connectivity index (χ1) is 13.6. The third kappa shape index (κ3) is 7.50. The number of unbranched alkanes of at least 4 members (excludes halogenated alkanes) is 6. The van der Waals surface area contributed by atoms with Gasteiger partial charge in [0.1, 0.15) is 0 Å². The lowest BCUT2D eigenvalue weighted by Crippen LogP contribution is -2.00. The molecule has 0 saturated heterocycles. The zero-order valence-corrected chi connectivity index (χ0v) is 18.4. The zero-order chi connectivity index (χ0) is 20.2. The Kier molecular flexibility index (Phi) is 9.83. The highest BCUT2D eigenvalue weighted by Crippen LogP contribution is 2.28. The lowest BCUT2D eigenvalue weighted by molar-refractivity contribution is 0.284. The van der Waals surface area contributed by atoms with Crippen molar-refractivity contribution in [2.24, 2.45) is 5.10 Å². The van der Waals surface area contributed by atoms with Crippen molar-refractivity contribution in [3.63, 3.8) is 0 Å².